The number of hydrogen-bond donors (Lipinski definition) is 1. The Balaban J connectivity index is 2.27. The van der Waals surface area contributed by atoms with Crippen molar-refractivity contribution >= 4 is 11.8 Å². The molecule has 0 spiro atoms. The van der Waals surface area contributed by atoms with Gasteiger partial charge in [0.1, 0.15) is 6.33 Å². The third-order valence-electron chi connectivity index (χ3n) is 2.78. The standard InChI is InChI=1S/C14H17N3S/c1-10-5-3-4-6-12(10)14(11(2)15)18-13-7-8-16-9-17-13/h3-9,11,14H,15H2,1-2H3. The zero-order valence-corrected chi connectivity index (χ0v) is 11.4. The molecule has 1 aromatic carbocycles. The lowest BCUT2D eigenvalue weighted by Gasteiger charge is -2.22. The van der Waals surface area contributed by atoms with Crippen molar-refractivity contribution in [3.8, 4) is 0 Å². The van der Waals surface area contributed by atoms with E-state index in [1.807, 2.05) is 19.1 Å². The van der Waals surface area contributed by atoms with E-state index in [-0.39, 0.29) is 11.3 Å². The molecule has 1 heterocycles. The molecule has 4 heteroatoms. The molecule has 2 unspecified atom stereocenters. The second-order valence-electron chi connectivity index (χ2n) is 4.30. The highest BCUT2D eigenvalue weighted by Gasteiger charge is 2.19. The van der Waals surface area contributed by atoms with Crippen LogP contribution in [-0.2, 0) is 0 Å². The summed E-state index contributed by atoms with van der Waals surface area (Å²) in [7, 11) is 0. The smallest absolute Gasteiger partial charge is 0.116 e. The second-order valence-corrected chi connectivity index (χ2v) is 5.46. The van der Waals surface area contributed by atoms with Crippen molar-refractivity contribution in [2.24, 2.45) is 5.73 Å². The minimum atomic E-state index is 0.0612. The Kier molecular flexibility index (Phi) is 4.33. The topological polar surface area (TPSA) is 51.8 Å². The van der Waals surface area contributed by atoms with Crippen LogP contribution in [0.2, 0.25) is 0 Å². The zero-order valence-electron chi connectivity index (χ0n) is 10.6. The van der Waals surface area contributed by atoms with Gasteiger partial charge < -0.3 is 5.73 Å². The molecule has 0 radical (unpaired) electrons. The van der Waals surface area contributed by atoms with Gasteiger partial charge in [-0.05, 0) is 31.0 Å². The van der Waals surface area contributed by atoms with Gasteiger partial charge in [-0.3, -0.25) is 0 Å². The number of aryl methyl sites for hydroxylation is 1. The predicted octanol–water partition coefficient (Wildman–Crippen LogP) is 2.97. The van der Waals surface area contributed by atoms with Gasteiger partial charge in [-0.1, -0.05) is 36.0 Å². The van der Waals surface area contributed by atoms with Crippen LogP contribution in [0, 0.1) is 6.92 Å². The number of thioether (sulfide) groups is 1. The molecule has 3 nitrogen and oxygen atoms in total. The first kappa shape index (κ1) is 13.1. The normalized spacial score (nSPS) is 14.2. The van der Waals surface area contributed by atoms with E-state index in [1.165, 1.54) is 11.1 Å². The quantitative estimate of drug-likeness (QED) is 0.677. The summed E-state index contributed by atoms with van der Waals surface area (Å²) in [5.41, 5.74) is 8.66. The van der Waals surface area contributed by atoms with Crippen LogP contribution in [0.3, 0.4) is 0 Å². The zero-order chi connectivity index (χ0) is 13.0. The minimum Gasteiger partial charge on any atom is -0.327 e. The van der Waals surface area contributed by atoms with Crippen molar-refractivity contribution in [3.05, 3.63) is 54.0 Å². The summed E-state index contributed by atoms with van der Waals surface area (Å²) in [5.74, 6) is 0. The molecule has 2 aromatic rings. The number of hydrogen-bond acceptors (Lipinski definition) is 4. The lowest BCUT2D eigenvalue weighted by molar-refractivity contribution is 0.716. The summed E-state index contributed by atoms with van der Waals surface area (Å²) in [5, 5.41) is 1.16. The van der Waals surface area contributed by atoms with E-state index < -0.39 is 0 Å². The maximum atomic E-state index is 6.12. The van der Waals surface area contributed by atoms with E-state index in [9.17, 15) is 0 Å². The largest absolute Gasteiger partial charge is 0.327 e. The summed E-state index contributed by atoms with van der Waals surface area (Å²) in [6.07, 6.45) is 3.32. The van der Waals surface area contributed by atoms with Gasteiger partial charge in [0.25, 0.3) is 0 Å². The fraction of sp³-hybridized carbons (Fsp3) is 0.286. The maximum absolute atomic E-state index is 6.12. The van der Waals surface area contributed by atoms with E-state index >= 15 is 0 Å². The number of rotatable bonds is 4. The van der Waals surface area contributed by atoms with Gasteiger partial charge in [-0.2, -0.15) is 0 Å². The lowest BCUT2D eigenvalue weighted by Crippen LogP contribution is -2.23. The Bertz CT molecular complexity index is 499. The van der Waals surface area contributed by atoms with Gasteiger partial charge in [0.05, 0.1) is 10.3 Å². The summed E-state index contributed by atoms with van der Waals surface area (Å²) in [6.45, 7) is 4.15. The number of nitrogens with zero attached hydrogens (tertiary/aromatic N) is 2. The summed E-state index contributed by atoms with van der Waals surface area (Å²) < 4.78 is 0. The first-order valence-electron chi connectivity index (χ1n) is 5.92. The van der Waals surface area contributed by atoms with Gasteiger partial charge in [0.2, 0.25) is 0 Å². The van der Waals surface area contributed by atoms with Crippen molar-refractivity contribution in [3.63, 3.8) is 0 Å². The fourth-order valence-electron chi connectivity index (χ4n) is 1.84. The number of aromatic nitrogens is 2. The summed E-state index contributed by atoms with van der Waals surface area (Å²) in [6, 6.07) is 10.3. The van der Waals surface area contributed by atoms with E-state index in [2.05, 4.69) is 35.1 Å². The van der Waals surface area contributed by atoms with E-state index in [1.54, 1.807) is 24.3 Å². The Morgan fingerprint density at radius 2 is 2.00 bits per heavy atom. The van der Waals surface area contributed by atoms with Crippen LogP contribution in [0.1, 0.15) is 23.3 Å². The monoisotopic (exact) mass is 259 g/mol. The van der Waals surface area contributed by atoms with E-state index in [0.717, 1.165) is 5.03 Å². The van der Waals surface area contributed by atoms with Crippen LogP contribution < -0.4 is 5.73 Å². The lowest BCUT2D eigenvalue weighted by atomic mass is 10.0. The van der Waals surface area contributed by atoms with Crippen LogP contribution in [-0.4, -0.2) is 16.0 Å². The van der Waals surface area contributed by atoms with Gasteiger partial charge in [-0.15, -0.1) is 0 Å². The minimum absolute atomic E-state index is 0.0612. The first-order valence-corrected chi connectivity index (χ1v) is 6.80. The molecule has 2 atom stereocenters. The highest BCUT2D eigenvalue weighted by atomic mass is 32.2. The van der Waals surface area contributed by atoms with Crippen LogP contribution in [0.5, 0.6) is 0 Å². The molecule has 94 valence electrons. The molecule has 0 saturated heterocycles. The van der Waals surface area contributed by atoms with Crippen LogP contribution in [0.25, 0.3) is 0 Å². The summed E-state index contributed by atoms with van der Waals surface area (Å²) >= 11 is 1.69. The third kappa shape index (κ3) is 3.09. The molecule has 2 N–H and O–H groups in total. The third-order valence-corrected chi connectivity index (χ3v) is 4.20. The van der Waals surface area contributed by atoms with Crippen LogP contribution >= 0.6 is 11.8 Å². The second kappa shape index (κ2) is 5.98. The first-order chi connectivity index (χ1) is 8.68. The van der Waals surface area contributed by atoms with E-state index in [4.69, 9.17) is 5.73 Å². The van der Waals surface area contributed by atoms with Gasteiger partial charge in [0, 0.05) is 12.2 Å². The van der Waals surface area contributed by atoms with Crippen molar-refractivity contribution in [2.75, 3.05) is 0 Å². The number of benzene rings is 1. The molecule has 18 heavy (non-hydrogen) atoms. The molecule has 0 aliphatic heterocycles. The SMILES string of the molecule is Cc1ccccc1C(Sc1ccncn1)C(C)N. The van der Waals surface area contributed by atoms with Crippen LogP contribution in [0.4, 0.5) is 0 Å². The van der Waals surface area contributed by atoms with Crippen molar-refractivity contribution in [1.82, 2.24) is 9.97 Å². The molecule has 0 fully saturated rings. The van der Waals surface area contributed by atoms with Gasteiger partial charge >= 0.3 is 0 Å². The van der Waals surface area contributed by atoms with Crippen LogP contribution in [0.15, 0.2) is 47.9 Å². The molecule has 0 bridgehead atoms. The van der Waals surface area contributed by atoms with Crippen molar-refractivity contribution in [2.45, 2.75) is 30.2 Å². The molecular weight excluding hydrogens is 242 g/mol. The average Bonchev–Trinajstić information content (AvgIpc) is 2.38. The Labute approximate surface area is 112 Å². The van der Waals surface area contributed by atoms with Gasteiger partial charge in [0.15, 0.2) is 0 Å². The molecule has 0 amide bonds. The highest BCUT2D eigenvalue weighted by molar-refractivity contribution is 7.99. The Morgan fingerprint density at radius 1 is 1.22 bits per heavy atom. The highest BCUT2D eigenvalue weighted by Crippen LogP contribution is 2.37. The Hall–Kier alpha value is -1.39. The van der Waals surface area contributed by atoms with Crippen molar-refractivity contribution in [1.29, 1.82) is 0 Å². The average molecular weight is 259 g/mol. The number of nitrogens with two attached hydrogens (primary N) is 1. The molecule has 2 rings (SSSR count). The maximum Gasteiger partial charge on any atom is 0.116 e. The molecule has 1 aromatic heterocycles. The Morgan fingerprint density at radius 3 is 2.61 bits per heavy atom. The van der Waals surface area contributed by atoms with Crippen molar-refractivity contribution < 1.29 is 0 Å². The molecule has 0 saturated carbocycles. The van der Waals surface area contributed by atoms with Gasteiger partial charge in [-0.25, -0.2) is 9.97 Å². The fourth-order valence-corrected chi connectivity index (χ4v) is 2.95. The molecular formula is C14H17N3S. The van der Waals surface area contributed by atoms with E-state index in [0.29, 0.717) is 0 Å². The molecule has 0 aliphatic rings. The summed E-state index contributed by atoms with van der Waals surface area (Å²) in [4.78, 5) is 8.18. The molecule has 0 aliphatic carbocycles. The predicted molar refractivity (Wildman–Crippen MR) is 75.5 cm³/mol.